The number of carbonyl (C=O) groups is 1. The number of methoxy groups -OCH3 is 1. The van der Waals surface area contributed by atoms with Crippen molar-refractivity contribution in [3.05, 3.63) is 88.9 Å². The molecule has 3 aromatic carbocycles. The van der Waals surface area contributed by atoms with Gasteiger partial charge in [0.2, 0.25) is 19.3 Å². The number of amides is 1. The van der Waals surface area contributed by atoms with Gasteiger partial charge in [-0.05, 0) is 65.2 Å². The number of fused-ring (bicyclic) bond motifs is 2. The summed E-state index contributed by atoms with van der Waals surface area (Å²) in [6.45, 7) is 5.24. The number of hydrogen-bond acceptors (Lipinski definition) is 8. The maximum atomic E-state index is 14.0. The summed E-state index contributed by atoms with van der Waals surface area (Å²) < 4.78 is 45.1. The monoisotopic (exact) mass is 617 g/mol. The van der Waals surface area contributed by atoms with E-state index in [2.05, 4.69) is 51.1 Å². The Balaban J connectivity index is 1.49. The average molecular weight is 618 g/mol. The molecule has 0 bridgehead atoms. The van der Waals surface area contributed by atoms with E-state index in [-0.39, 0.29) is 15.3 Å². The molecule has 43 heavy (non-hydrogen) atoms. The van der Waals surface area contributed by atoms with Crippen LogP contribution >= 0.6 is 11.3 Å². The van der Waals surface area contributed by atoms with Crippen LogP contribution in [0.5, 0.6) is 0 Å². The summed E-state index contributed by atoms with van der Waals surface area (Å²) >= 11 is 0.794. The third-order valence-electron chi connectivity index (χ3n) is 7.33. The fourth-order valence-electron chi connectivity index (χ4n) is 5.48. The van der Waals surface area contributed by atoms with E-state index in [4.69, 9.17) is 4.74 Å². The number of hydrogen-bond donors (Lipinski definition) is 1. The van der Waals surface area contributed by atoms with Crippen LogP contribution in [-0.2, 0) is 26.5 Å². The van der Waals surface area contributed by atoms with Gasteiger partial charge in [0.25, 0.3) is 5.91 Å². The molecule has 1 aliphatic heterocycles. The van der Waals surface area contributed by atoms with Gasteiger partial charge in [0.1, 0.15) is 5.82 Å². The predicted molar refractivity (Wildman–Crippen MR) is 166 cm³/mol. The summed E-state index contributed by atoms with van der Waals surface area (Å²) in [5, 5.41) is 11.2. The lowest BCUT2D eigenvalue weighted by molar-refractivity contribution is 0.102. The fourth-order valence-corrected chi connectivity index (χ4v) is 6.99. The van der Waals surface area contributed by atoms with Crippen molar-refractivity contribution in [3.63, 3.8) is 0 Å². The number of aromatic nitrogens is 3. The summed E-state index contributed by atoms with van der Waals surface area (Å²) in [5.41, 5.74) is 6.66. The zero-order valence-electron chi connectivity index (χ0n) is 23.9. The van der Waals surface area contributed by atoms with Crippen molar-refractivity contribution >= 4 is 49.3 Å². The molecule has 5 aromatic rings. The number of nitrogens with zero attached hydrogens (tertiary/aromatic N) is 4. The van der Waals surface area contributed by atoms with Crippen LogP contribution in [0, 0.1) is 5.82 Å². The molecule has 0 atom stereocenters. The van der Waals surface area contributed by atoms with Gasteiger partial charge in [-0.2, -0.15) is 0 Å². The first kappa shape index (κ1) is 28.8. The highest BCUT2D eigenvalue weighted by molar-refractivity contribution is 7.92. The first-order chi connectivity index (χ1) is 20.5. The van der Waals surface area contributed by atoms with Gasteiger partial charge in [-0.25, -0.2) is 12.8 Å². The number of aliphatic imine (C=N–C) groups is 1. The van der Waals surface area contributed by atoms with Crippen molar-refractivity contribution in [1.82, 2.24) is 14.8 Å². The standard InChI is InChI=1S/C31H28FN5O4S2/c1-31(2,17-41-3)27-26(18-5-7-19(8-6-18)28(38)34-29-35-36-30(42-29)43(4,39)40)24-13-20-15-33-16-21(20)14-25(24)37(27)23-11-9-22(32)10-12-23/h5-14,16H,15,17H2,1-4H3,(H,34,35,38). The molecule has 9 nitrogen and oxygen atoms in total. The largest absolute Gasteiger partial charge is 0.384 e. The average Bonchev–Trinajstić information content (AvgIpc) is 3.70. The second-order valence-corrected chi connectivity index (χ2v) is 14.2. The molecule has 0 spiro atoms. The number of rotatable bonds is 8. The minimum Gasteiger partial charge on any atom is -0.384 e. The Morgan fingerprint density at radius 3 is 2.47 bits per heavy atom. The van der Waals surface area contributed by atoms with Crippen molar-refractivity contribution < 1.29 is 22.3 Å². The van der Waals surface area contributed by atoms with Gasteiger partial charge in [0.05, 0.1) is 18.7 Å². The number of sulfone groups is 1. The van der Waals surface area contributed by atoms with Crippen molar-refractivity contribution in [3.8, 4) is 16.8 Å². The van der Waals surface area contributed by atoms with Crippen LogP contribution in [0.3, 0.4) is 0 Å². The molecule has 0 saturated carbocycles. The molecule has 2 aromatic heterocycles. The normalized spacial score (nSPS) is 13.0. The number of benzene rings is 3. The SMILES string of the molecule is COCC(C)(C)c1c(-c2ccc(C(=O)Nc3nnc(S(C)(=O)=O)s3)cc2)c2cc3c(cc2n1-c1ccc(F)cc1)C=NC3. The number of halogens is 1. The number of ether oxygens (including phenoxy) is 1. The topological polar surface area (TPSA) is 116 Å². The maximum absolute atomic E-state index is 14.0. The molecule has 1 aliphatic rings. The first-order valence-electron chi connectivity index (χ1n) is 13.4. The number of carbonyl (C=O) groups excluding carboxylic acids is 1. The predicted octanol–water partition coefficient (Wildman–Crippen LogP) is 5.80. The van der Waals surface area contributed by atoms with E-state index in [1.54, 1.807) is 31.4 Å². The third kappa shape index (κ3) is 5.37. The lowest BCUT2D eigenvalue weighted by Crippen LogP contribution is -2.27. The highest BCUT2D eigenvalue weighted by atomic mass is 32.2. The Hall–Kier alpha value is -4.26. The van der Waals surface area contributed by atoms with E-state index in [9.17, 15) is 17.6 Å². The van der Waals surface area contributed by atoms with Gasteiger partial charge in [0.15, 0.2) is 0 Å². The van der Waals surface area contributed by atoms with E-state index >= 15 is 0 Å². The second kappa shape index (κ2) is 10.8. The highest BCUT2D eigenvalue weighted by Crippen LogP contribution is 2.44. The quantitative estimate of drug-likeness (QED) is 0.220. The molecule has 1 amide bonds. The van der Waals surface area contributed by atoms with Crippen LogP contribution in [0.25, 0.3) is 27.7 Å². The highest BCUT2D eigenvalue weighted by Gasteiger charge is 2.33. The third-order valence-corrected chi connectivity index (χ3v) is 9.84. The molecule has 0 saturated heterocycles. The van der Waals surface area contributed by atoms with Gasteiger partial charge in [-0.3, -0.25) is 15.1 Å². The first-order valence-corrected chi connectivity index (χ1v) is 16.1. The van der Waals surface area contributed by atoms with Crippen LogP contribution in [0.15, 0.2) is 70.0 Å². The summed E-state index contributed by atoms with van der Waals surface area (Å²) in [7, 11) is -1.86. The maximum Gasteiger partial charge on any atom is 0.257 e. The van der Waals surface area contributed by atoms with Gasteiger partial charge in [-0.1, -0.05) is 37.3 Å². The smallest absolute Gasteiger partial charge is 0.257 e. The van der Waals surface area contributed by atoms with Gasteiger partial charge >= 0.3 is 0 Å². The molecule has 0 fully saturated rings. The van der Waals surface area contributed by atoms with Gasteiger partial charge in [-0.15, -0.1) is 10.2 Å². The van der Waals surface area contributed by atoms with E-state index in [0.29, 0.717) is 18.7 Å². The molecular weight excluding hydrogens is 590 g/mol. The van der Waals surface area contributed by atoms with Crippen molar-refractivity contribution in [1.29, 1.82) is 0 Å². The van der Waals surface area contributed by atoms with E-state index < -0.39 is 21.2 Å². The minimum atomic E-state index is -3.53. The summed E-state index contributed by atoms with van der Waals surface area (Å²) in [6, 6.07) is 17.9. The van der Waals surface area contributed by atoms with Crippen molar-refractivity contribution in [2.75, 3.05) is 25.3 Å². The van der Waals surface area contributed by atoms with E-state index in [1.165, 1.54) is 12.1 Å². The molecular formula is C31H28FN5O4S2. The van der Waals surface area contributed by atoms with Crippen molar-refractivity contribution in [2.45, 2.75) is 30.1 Å². The molecule has 6 rings (SSSR count). The lowest BCUT2D eigenvalue weighted by atomic mass is 9.84. The zero-order chi connectivity index (χ0) is 30.5. The Morgan fingerprint density at radius 1 is 1.09 bits per heavy atom. The summed E-state index contributed by atoms with van der Waals surface area (Å²) in [6.07, 6.45) is 2.91. The molecule has 12 heteroatoms. The van der Waals surface area contributed by atoms with Crippen LogP contribution in [0.1, 0.15) is 41.0 Å². The Morgan fingerprint density at radius 2 is 1.81 bits per heavy atom. The lowest BCUT2D eigenvalue weighted by Gasteiger charge is -2.28. The van der Waals surface area contributed by atoms with E-state index in [1.807, 2.05) is 18.3 Å². The molecule has 0 radical (unpaired) electrons. The van der Waals surface area contributed by atoms with Crippen LogP contribution in [0.2, 0.25) is 0 Å². The molecule has 0 aliphatic carbocycles. The molecule has 220 valence electrons. The zero-order valence-corrected chi connectivity index (χ0v) is 25.5. The second-order valence-electron chi connectivity index (χ2n) is 11.1. The van der Waals surface area contributed by atoms with Crippen LogP contribution in [-0.4, -0.2) is 55.3 Å². The molecule has 1 N–H and O–H groups in total. The Kier molecular flexibility index (Phi) is 7.23. The van der Waals surface area contributed by atoms with Gasteiger partial charge < -0.3 is 9.30 Å². The van der Waals surface area contributed by atoms with Gasteiger partial charge in [0, 0.05) is 52.9 Å². The summed E-state index contributed by atoms with van der Waals surface area (Å²) in [4.78, 5) is 17.5. The fraction of sp³-hybridized carbons (Fsp3) is 0.226. The van der Waals surface area contributed by atoms with Crippen LogP contribution < -0.4 is 5.32 Å². The molecule has 0 unspecified atom stereocenters. The molecule has 3 heterocycles. The Labute approximate surface area is 252 Å². The summed E-state index contributed by atoms with van der Waals surface area (Å²) in [5.74, 6) is -0.757. The minimum absolute atomic E-state index is 0.0940. The Bertz CT molecular complexity index is 2010. The number of nitrogens with one attached hydrogen (secondary N) is 1. The number of anilines is 1. The van der Waals surface area contributed by atoms with Crippen LogP contribution in [0.4, 0.5) is 9.52 Å². The van der Waals surface area contributed by atoms with E-state index in [0.717, 1.165) is 62.1 Å². The van der Waals surface area contributed by atoms with Crippen molar-refractivity contribution in [2.24, 2.45) is 4.99 Å².